The second-order valence-corrected chi connectivity index (χ2v) is 3.15. The van der Waals surface area contributed by atoms with Gasteiger partial charge in [-0.3, -0.25) is 0 Å². The average Bonchev–Trinajstić information content (AvgIpc) is 2.26. The molecule has 1 rings (SSSR count). The number of benzene rings is 1. The van der Waals surface area contributed by atoms with Gasteiger partial charge in [-0.1, -0.05) is 12.6 Å². The van der Waals surface area contributed by atoms with Crippen molar-refractivity contribution in [3.63, 3.8) is 0 Å². The molecule has 15 heavy (non-hydrogen) atoms. The van der Waals surface area contributed by atoms with Gasteiger partial charge in [0.2, 0.25) is 0 Å². The van der Waals surface area contributed by atoms with Crippen molar-refractivity contribution < 1.29 is 14.3 Å². The maximum atomic E-state index is 11.2. The summed E-state index contributed by atoms with van der Waals surface area (Å²) in [5, 5.41) is 0. The molecule has 0 radical (unpaired) electrons. The van der Waals surface area contributed by atoms with Crippen LogP contribution in [-0.4, -0.2) is 20.2 Å². The number of carbonyl (C=O) groups is 1. The van der Waals surface area contributed by atoms with Gasteiger partial charge in [0.05, 0.1) is 19.8 Å². The summed E-state index contributed by atoms with van der Waals surface area (Å²) in [6.45, 7) is 5.59. The van der Waals surface area contributed by atoms with E-state index >= 15 is 0 Å². The molecule has 80 valence electrons. The molecule has 0 bridgehead atoms. The predicted octanol–water partition coefficient (Wildman–Crippen LogP) is 2.19. The summed E-state index contributed by atoms with van der Waals surface area (Å²) in [4.78, 5) is 11.2. The molecular weight excluding hydrogens is 192 g/mol. The topological polar surface area (TPSA) is 35.5 Å². The van der Waals surface area contributed by atoms with Crippen molar-refractivity contribution in [2.75, 3.05) is 14.2 Å². The fourth-order valence-electron chi connectivity index (χ4n) is 1.31. The Balaban J connectivity index is 3.02. The van der Waals surface area contributed by atoms with Gasteiger partial charge in [0.25, 0.3) is 0 Å². The van der Waals surface area contributed by atoms with Crippen LogP contribution in [0.5, 0.6) is 5.75 Å². The summed E-state index contributed by atoms with van der Waals surface area (Å²) >= 11 is 0. The molecule has 0 unspecified atom stereocenters. The van der Waals surface area contributed by atoms with Crippen LogP contribution < -0.4 is 4.74 Å². The van der Waals surface area contributed by atoms with Gasteiger partial charge in [-0.05, 0) is 30.2 Å². The highest BCUT2D eigenvalue weighted by Gasteiger charge is 2.10. The minimum Gasteiger partial charge on any atom is -0.496 e. The molecule has 0 aliphatic rings. The van der Waals surface area contributed by atoms with Crippen molar-refractivity contribution in [3.05, 3.63) is 35.9 Å². The smallest absolute Gasteiger partial charge is 0.337 e. The van der Waals surface area contributed by atoms with E-state index in [1.807, 2.05) is 13.0 Å². The van der Waals surface area contributed by atoms with Crippen LogP contribution in [0, 0.1) is 6.92 Å². The lowest BCUT2D eigenvalue weighted by Crippen LogP contribution is -2.02. The fraction of sp³-hybridized carbons (Fsp3) is 0.250. The molecule has 0 saturated carbocycles. The van der Waals surface area contributed by atoms with Gasteiger partial charge >= 0.3 is 5.97 Å². The Morgan fingerprint density at radius 2 is 2.00 bits per heavy atom. The molecule has 0 aromatic heterocycles. The molecule has 0 aliphatic carbocycles. The summed E-state index contributed by atoms with van der Waals surface area (Å²) in [6.07, 6.45) is 0. The minimum atomic E-state index is -0.417. The summed E-state index contributed by atoms with van der Waals surface area (Å²) in [6, 6.07) is 5.43. The van der Waals surface area contributed by atoms with Crippen molar-refractivity contribution in [2.45, 2.75) is 6.92 Å². The van der Waals surface area contributed by atoms with Crippen LogP contribution in [0.1, 0.15) is 11.1 Å². The standard InChI is InChI=1S/C12H14O3/c1-8-7-10(5-6-11(8)14-3)9(2)12(13)15-4/h5-7H,2H2,1,3-4H3. The Bertz CT molecular complexity index is 394. The average molecular weight is 206 g/mol. The molecule has 0 heterocycles. The third-order valence-corrected chi connectivity index (χ3v) is 2.18. The molecular formula is C12H14O3. The molecule has 0 fully saturated rings. The fourth-order valence-corrected chi connectivity index (χ4v) is 1.31. The molecule has 3 heteroatoms. The van der Waals surface area contributed by atoms with Crippen LogP contribution in [0.2, 0.25) is 0 Å². The molecule has 0 N–H and O–H groups in total. The van der Waals surface area contributed by atoms with Gasteiger partial charge in [-0.25, -0.2) is 4.79 Å². The molecule has 0 aliphatic heterocycles. The number of hydrogen-bond acceptors (Lipinski definition) is 3. The van der Waals surface area contributed by atoms with Crippen LogP contribution in [0.15, 0.2) is 24.8 Å². The maximum Gasteiger partial charge on any atom is 0.337 e. The van der Waals surface area contributed by atoms with Crippen molar-refractivity contribution in [2.24, 2.45) is 0 Å². The van der Waals surface area contributed by atoms with E-state index < -0.39 is 5.97 Å². The third kappa shape index (κ3) is 2.37. The summed E-state index contributed by atoms with van der Waals surface area (Å²) in [5.74, 6) is 0.371. The van der Waals surface area contributed by atoms with Crippen LogP contribution in [0.25, 0.3) is 5.57 Å². The van der Waals surface area contributed by atoms with Gasteiger partial charge in [-0.15, -0.1) is 0 Å². The summed E-state index contributed by atoms with van der Waals surface area (Å²) in [7, 11) is 2.95. The number of aryl methyl sites for hydroxylation is 1. The zero-order chi connectivity index (χ0) is 11.4. The van der Waals surface area contributed by atoms with Crippen molar-refractivity contribution in [3.8, 4) is 5.75 Å². The molecule has 0 saturated heterocycles. The van der Waals surface area contributed by atoms with Crippen LogP contribution in [-0.2, 0) is 9.53 Å². The summed E-state index contributed by atoms with van der Waals surface area (Å²) < 4.78 is 9.71. The Kier molecular flexibility index (Phi) is 3.50. The number of rotatable bonds is 3. The lowest BCUT2D eigenvalue weighted by molar-refractivity contribution is -0.133. The summed E-state index contributed by atoms with van der Waals surface area (Å²) in [5.41, 5.74) is 2.06. The highest BCUT2D eigenvalue weighted by Crippen LogP contribution is 2.22. The van der Waals surface area contributed by atoms with Crippen molar-refractivity contribution in [1.29, 1.82) is 0 Å². The van der Waals surface area contributed by atoms with Crippen LogP contribution in [0.4, 0.5) is 0 Å². The molecule has 1 aromatic carbocycles. The Hall–Kier alpha value is -1.77. The number of ether oxygens (including phenoxy) is 2. The van der Waals surface area contributed by atoms with Crippen molar-refractivity contribution in [1.82, 2.24) is 0 Å². The highest BCUT2D eigenvalue weighted by molar-refractivity contribution is 6.15. The Labute approximate surface area is 89.3 Å². The number of hydrogen-bond donors (Lipinski definition) is 0. The van der Waals surface area contributed by atoms with Gasteiger partial charge < -0.3 is 9.47 Å². The second kappa shape index (κ2) is 4.64. The van der Waals surface area contributed by atoms with Crippen LogP contribution >= 0.6 is 0 Å². The minimum absolute atomic E-state index is 0.350. The second-order valence-electron chi connectivity index (χ2n) is 3.15. The van der Waals surface area contributed by atoms with E-state index in [2.05, 4.69) is 11.3 Å². The first kappa shape index (κ1) is 11.3. The predicted molar refractivity (Wildman–Crippen MR) is 58.8 cm³/mol. The number of methoxy groups -OCH3 is 2. The normalized spacial score (nSPS) is 9.53. The lowest BCUT2D eigenvalue weighted by Gasteiger charge is -2.08. The lowest BCUT2D eigenvalue weighted by atomic mass is 10.0. The number of carbonyl (C=O) groups excluding carboxylic acids is 1. The van der Waals surface area contributed by atoms with E-state index in [4.69, 9.17) is 4.74 Å². The van der Waals surface area contributed by atoms with E-state index in [0.717, 1.165) is 16.9 Å². The van der Waals surface area contributed by atoms with Gasteiger partial charge in [0.15, 0.2) is 0 Å². The van der Waals surface area contributed by atoms with E-state index in [-0.39, 0.29) is 0 Å². The SMILES string of the molecule is C=C(C(=O)OC)c1ccc(OC)c(C)c1. The van der Waals surface area contributed by atoms with Gasteiger partial charge in [0.1, 0.15) is 5.75 Å². The number of esters is 1. The van der Waals surface area contributed by atoms with E-state index in [0.29, 0.717) is 5.57 Å². The Morgan fingerprint density at radius 1 is 1.33 bits per heavy atom. The quantitative estimate of drug-likeness (QED) is 0.561. The molecule has 3 nitrogen and oxygen atoms in total. The van der Waals surface area contributed by atoms with Gasteiger partial charge in [-0.2, -0.15) is 0 Å². The maximum absolute atomic E-state index is 11.2. The van der Waals surface area contributed by atoms with E-state index in [9.17, 15) is 4.79 Å². The van der Waals surface area contributed by atoms with Crippen molar-refractivity contribution >= 4 is 11.5 Å². The van der Waals surface area contributed by atoms with Gasteiger partial charge in [0, 0.05) is 0 Å². The Morgan fingerprint density at radius 3 is 2.47 bits per heavy atom. The highest BCUT2D eigenvalue weighted by atomic mass is 16.5. The zero-order valence-corrected chi connectivity index (χ0v) is 9.16. The molecule has 0 atom stereocenters. The zero-order valence-electron chi connectivity index (χ0n) is 9.16. The monoisotopic (exact) mass is 206 g/mol. The first-order valence-electron chi connectivity index (χ1n) is 4.52. The van der Waals surface area contributed by atoms with E-state index in [1.165, 1.54) is 7.11 Å². The largest absolute Gasteiger partial charge is 0.496 e. The van der Waals surface area contributed by atoms with Crippen LogP contribution in [0.3, 0.4) is 0 Å². The van der Waals surface area contributed by atoms with E-state index in [1.54, 1.807) is 19.2 Å². The molecule has 0 spiro atoms. The first-order valence-corrected chi connectivity index (χ1v) is 4.52. The third-order valence-electron chi connectivity index (χ3n) is 2.18. The molecule has 1 aromatic rings. The first-order chi connectivity index (χ1) is 7.10. The molecule has 0 amide bonds.